The Morgan fingerprint density at radius 1 is 1.21 bits per heavy atom. The average Bonchev–Trinajstić information content (AvgIpc) is 3.00. The van der Waals surface area contributed by atoms with Gasteiger partial charge in [-0.25, -0.2) is 0 Å². The molecule has 24 heavy (non-hydrogen) atoms. The highest BCUT2D eigenvalue weighted by Crippen LogP contribution is 2.28. The molecule has 1 aromatic rings. The predicted octanol–water partition coefficient (Wildman–Crippen LogP) is 3.13. The molecule has 0 unspecified atom stereocenters. The van der Waals surface area contributed by atoms with Crippen molar-refractivity contribution in [1.82, 2.24) is 10.1 Å². The molecule has 0 bridgehead atoms. The molecule has 0 spiro atoms. The molecule has 2 heterocycles. The molecule has 2 amide bonds. The molecule has 1 saturated carbocycles. The number of hydrogen-bond acceptors (Lipinski definition) is 4. The Labute approximate surface area is 142 Å². The largest absolute Gasteiger partial charge is 0.360 e. The van der Waals surface area contributed by atoms with Gasteiger partial charge in [-0.05, 0) is 38.5 Å². The molecular formula is C18H27N3O3. The van der Waals surface area contributed by atoms with Crippen LogP contribution < -0.4 is 5.32 Å². The van der Waals surface area contributed by atoms with Crippen LogP contribution >= 0.6 is 0 Å². The lowest BCUT2D eigenvalue weighted by Gasteiger charge is -2.32. The Kier molecular flexibility index (Phi) is 5.53. The first-order valence-corrected chi connectivity index (χ1v) is 9.14. The fraction of sp³-hybridized carbons (Fsp3) is 0.722. The summed E-state index contributed by atoms with van der Waals surface area (Å²) in [7, 11) is 0. The van der Waals surface area contributed by atoms with E-state index in [9.17, 15) is 9.59 Å². The average molecular weight is 333 g/mol. The molecule has 2 fully saturated rings. The monoisotopic (exact) mass is 333 g/mol. The van der Waals surface area contributed by atoms with Gasteiger partial charge in [-0.2, -0.15) is 0 Å². The van der Waals surface area contributed by atoms with Crippen LogP contribution in [0.1, 0.15) is 57.1 Å². The Hall–Kier alpha value is -1.85. The first-order valence-electron chi connectivity index (χ1n) is 9.14. The number of rotatable bonds is 4. The number of aromatic nitrogens is 1. The maximum Gasteiger partial charge on any atom is 0.228 e. The van der Waals surface area contributed by atoms with Crippen molar-refractivity contribution in [2.75, 3.05) is 18.4 Å². The summed E-state index contributed by atoms with van der Waals surface area (Å²) in [5, 5.41) is 6.58. The van der Waals surface area contributed by atoms with E-state index in [4.69, 9.17) is 4.52 Å². The zero-order valence-electron chi connectivity index (χ0n) is 14.4. The first kappa shape index (κ1) is 17.0. The number of nitrogens with zero attached hydrogens (tertiary/aromatic N) is 2. The van der Waals surface area contributed by atoms with Crippen LogP contribution in [0.25, 0.3) is 0 Å². The third-order valence-electron chi connectivity index (χ3n) is 5.29. The summed E-state index contributed by atoms with van der Waals surface area (Å²) >= 11 is 0. The van der Waals surface area contributed by atoms with E-state index in [1.165, 1.54) is 32.1 Å². The SMILES string of the molecule is Cc1cc(NC(=O)C2CCN(C(=O)CC3CCCCC3)CC2)no1. The van der Waals surface area contributed by atoms with Crippen molar-refractivity contribution in [3.63, 3.8) is 0 Å². The van der Waals surface area contributed by atoms with E-state index in [2.05, 4.69) is 10.5 Å². The number of carbonyl (C=O) groups excluding carboxylic acids is 2. The van der Waals surface area contributed by atoms with Gasteiger partial charge in [0.25, 0.3) is 0 Å². The fourth-order valence-electron chi connectivity index (χ4n) is 3.81. The minimum atomic E-state index is -0.0549. The molecule has 3 rings (SSSR count). The summed E-state index contributed by atoms with van der Waals surface area (Å²) in [6.07, 6.45) is 8.37. The second-order valence-electron chi connectivity index (χ2n) is 7.18. The standard InChI is InChI=1S/C18H27N3O3/c1-13-11-16(20-24-13)19-18(23)15-7-9-21(10-8-15)17(22)12-14-5-3-2-4-6-14/h11,14-15H,2-10,12H2,1H3,(H,19,20,23). The van der Waals surface area contributed by atoms with Gasteiger partial charge in [-0.15, -0.1) is 0 Å². The van der Waals surface area contributed by atoms with Gasteiger partial charge in [0.15, 0.2) is 5.82 Å². The first-order chi connectivity index (χ1) is 11.6. The van der Waals surface area contributed by atoms with E-state index in [1.807, 2.05) is 4.90 Å². The number of hydrogen-bond donors (Lipinski definition) is 1. The Morgan fingerprint density at radius 2 is 1.92 bits per heavy atom. The molecule has 1 aliphatic carbocycles. The molecular weight excluding hydrogens is 306 g/mol. The van der Waals surface area contributed by atoms with Gasteiger partial charge in [-0.3, -0.25) is 9.59 Å². The Balaban J connectivity index is 1.43. The zero-order valence-corrected chi connectivity index (χ0v) is 14.4. The van der Waals surface area contributed by atoms with Crippen molar-refractivity contribution in [3.8, 4) is 0 Å². The molecule has 0 radical (unpaired) electrons. The van der Waals surface area contributed by atoms with Gasteiger partial charge in [0, 0.05) is 31.5 Å². The third-order valence-corrected chi connectivity index (χ3v) is 5.29. The summed E-state index contributed by atoms with van der Waals surface area (Å²) in [6, 6.07) is 1.71. The maximum atomic E-state index is 12.4. The van der Waals surface area contributed by atoms with E-state index in [0.717, 1.165) is 12.8 Å². The van der Waals surface area contributed by atoms with Crippen molar-refractivity contribution in [2.24, 2.45) is 11.8 Å². The second-order valence-corrected chi connectivity index (χ2v) is 7.18. The molecule has 2 aliphatic rings. The van der Waals surface area contributed by atoms with Crippen LogP contribution in [-0.2, 0) is 9.59 Å². The smallest absolute Gasteiger partial charge is 0.228 e. The number of aryl methyl sites for hydroxylation is 1. The van der Waals surface area contributed by atoms with E-state index in [1.54, 1.807) is 13.0 Å². The molecule has 132 valence electrons. The van der Waals surface area contributed by atoms with Crippen LogP contribution in [0.3, 0.4) is 0 Å². The summed E-state index contributed by atoms with van der Waals surface area (Å²) < 4.78 is 4.96. The van der Waals surface area contributed by atoms with Gasteiger partial charge >= 0.3 is 0 Å². The van der Waals surface area contributed by atoms with Crippen molar-refractivity contribution >= 4 is 17.6 Å². The van der Waals surface area contributed by atoms with Gasteiger partial charge in [-0.1, -0.05) is 24.4 Å². The quantitative estimate of drug-likeness (QED) is 0.918. The van der Waals surface area contributed by atoms with Crippen molar-refractivity contribution in [2.45, 2.75) is 58.3 Å². The summed E-state index contributed by atoms with van der Waals surface area (Å²) in [6.45, 7) is 3.15. The van der Waals surface area contributed by atoms with Crippen LogP contribution in [-0.4, -0.2) is 35.0 Å². The maximum absolute atomic E-state index is 12.4. The Morgan fingerprint density at radius 3 is 2.54 bits per heavy atom. The van der Waals surface area contributed by atoms with Crippen LogP contribution in [0.15, 0.2) is 10.6 Å². The van der Waals surface area contributed by atoms with Crippen LogP contribution in [0.4, 0.5) is 5.82 Å². The lowest BCUT2D eigenvalue weighted by atomic mass is 9.86. The van der Waals surface area contributed by atoms with Gasteiger partial charge in [0.1, 0.15) is 5.76 Å². The number of anilines is 1. The highest BCUT2D eigenvalue weighted by molar-refractivity contribution is 5.91. The van der Waals surface area contributed by atoms with Gasteiger partial charge in [0.2, 0.25) is 11.8 Å². The predicted molar refractivity (Wildman–Crippen MR) is 90.4 cm³/mol. The number of piperidine rings is 1. The number of nitrogens with one attached hydrogen (secondary N) is 1. The van der Waals surface area contributed by atoms with E-state index < -0.39 is 0 Å². The molecule has 0 aromatic carbocycles. The van der Waals surface area contributed by atoms with Crippen molar-refractivity contribution in [3.05, 3.63) is 11.8 Å². The molecule has 1 aliphatic heterocycles. The van der Waals surface area contributed by atoms with E-state index in [0.29, 0.717) is 37.0 Å². The normalized spacial score (nSPS) is 20.1. The highest BCUT2D eigenvalue weighted by atomic mass is 16.5. The van der Waals surface area contributed by atoms with Crippen molar-refractivity contribution in [1.29, 1.82) is 0 Å². The number of likely N-dealkylation sites (tertiary alicyclic amines) is 1. The molecule has 6 nitrogen and oxygen atoms in total. The van der Waals surface area contributed by atoms with Gasteiger partial charge < -0.3 is 14.7 Å². The lowest BCUT2D eigenvalue weighted by Crippen LogP contribution is -2.42. The topological polar surface area (TPSA) is 75.4 Å². The molecule has 6 heteroatoms. The number of carbonyl (C=O) groups is 2. The minimum Gasteiger partial charge on any atom is -0.360 e. The van der Waals surface area contributed by atoms with Gasteiger partial charge in [0.05, 0.1) is 0 Å². The molecule has 1 aromatic heterocycles. The van der Waals surface area contributed by atoms with Crippen molar-refractivity contribution < 1.29 is 14.1 Å². The van der Waals surface area contributed by atoms with E-state index in [-0.39, 0.29) is 17.7 Å². The molecule has 0 atom stereocenters. The van der Waals surface area contributed by atoms with Crippen LogP contribution in [0.5, 0.6) is 0 Å². The summed E-state index contributed by atoms with van der Waals surface area (Å²) in [4.78, 5) is 26.7. The minimum absolute atomic E-state index is 0.0253. The zero-order chi connectivity index (χ0) is 16.9. The fourth-order valence-corrected chi connectivity index (χ4v) is 3.81. The van der Waals surface area contributed by atoms with E-state index >= 15 is 0 Å². The Bertz CT molecular complexity index is 570. The van der Waals surface area contributed by atoms with Crippen LogP contribution in [0, 0.1) is 18.8 Å². The summed E-state index contributed by atoms with van der Waals surface area (Å²) in [5.41, 5.74) is 0. The molecule has 1 N–H and O–H groups in total. The highest BCUT2D eigenvalue weighted by Gasteiger charge is 2.29. The lowest BCUT2D eigenvalue weighted by molar-refractivity contribution is -0.135. The number of amides is 2. The second kappa shape index (κ2) is 7.81. The molecule has 1 saturated heterocycles. The van der Waals surface area contributed by atoms with Crippen LogP contribution in [0.2, 0.25) is 0 Å². The third kappa shape index (κ3) is 4.36. The summed E-state index contributed by atoms with van der Waals surface area (Å²) in [5.74, 6) is 1.90.